The quantitative estimate of drug-likeness (QED) is 0.315. The van der Waals surface area contributed by atoms with Crippen LogP contribution in [0.1, 0.15) is 93.4 Å². The number of rotatable bonds is 9. The summed E-state index contributed by atoms with van der Waals surface area (Å²) in [4.78, 5) is 22.9. The molecule has 8 nitrogen and oxygen atoms in total. The zero-order valence-electron chi connectivity index (χ0n) is 24.2. The summed E-state index contributed by atoms with van der Waals surface area (Å²) >= 11 is 0. The summed E-state index contributed by atoms with van der Waals surface area (Å²) in [5.74, 6) is -0.703. The molecule has 2 aliphatic rings. The molecular weight excluding hydrogens is 488 g/mol. The van der Waals surface area contributed by atoms with Crippen molar-refractivity contribution in [2.45, 2.75) is 130 Å². The van der Waals surface area contributed by atoms with Gasteiger partial charge in [-0.05, 0) is 85.5 Å². The number of aliphatic hydroxyl groups excluding tert-OH is 2. The second-order valence-corrected chi connectivity index (χ2v) is 11.4. The van der Waals surface area contributed by atoms with E-state index in [1.807, 2.05) is 13.8 Å². The molecule has 0 aromatic carbocycles. The molecule has 6 atom stereocenters. The fraction of sp³-hybridized carbons (Fsp3) is 0.733. The van der Waals surface area contributed by atoms with Gasteiger partial charge in [-0.25, -0.2) is 0 Å². The van der Waals surface area contributed by atoms with Gasteiger partial charge in [0, 0.05) is 13.8 Å². The minimum Gasteiger partial charge on any atom is -0.463 e. The molecule has 216 valence electrons. The molecule has 5 unspecified atom stereocenters. The van der Waals surface area contributed by atoms with E-state index in [0.29, 0.717) is 12.3 Å². The van der Waals surface area contributed by atoms with E-state index < -0.39 is 48.2 Å². The van der Waals surface area contributed by atoms with Gasteiger partial charge in [-0.2, -0.15) is 0 Å². The minimum atomic E-state index is -1.41. The van der Waals surface area contributed by atoms with Gasteiger partial charge in [0.15, 0.2) is 12.4 Å². The molecule has 38 heavy (non-hydrogen) atoms. The second kappa shape index (κ2) is 15.0. The summed E-state index contributed by atoms with van der Waals surface area (Å²) < 4.78 is 22.1. The monoisotopic (exact) mass is 536 g/mol. The third-order valence-corrected chi connectivity index (χ3v) is 7.36. The maximum atomic E-state index is 11.6. The number of carbonyl (C=O) groups is 2. The van der Waals surface area contributed by atoms with Crippen LogP contribution < -0.4 is 0 Å². The van der Waals surface area contributed by atoms with Gasteiger partial charge in [0.25, 0.3) is 0 Å². The number of aliphatic hydroxyl groups is 2. The van der Waals surface area contributed by atoms with Crippen molar-refractivity contribution in [2.24, 2.45) is 5.92 Å². The minimum absolute atomic E-state index is 0.257. The summed E-state index contributed by atoms with van der Waals surface area (Å²) in [5, 5.41) is 21.4. The standard InChI is InChI=1S/C30H48O8/c1-19-10-8-11-20(2)14-16-24(15-13-19)21(3)12-9-17-30(6,7)38-29-27(34)28(36-23(5)32)26(33)25(37-29)18-35-22(4)31/h10,12,14,24-29,33-34H,8-9,11,13,15-18H2,1-7H3/b19-10+,20-14+,21-12+/t24-,25?,26?,27?,28?,29?/m0/s1. The lowest BCUT2D eigenvalue weighted by Gasteiger charge is -2.44. The first-order chi connectivity index (χ1) is 17.8. The lowest BCUT2D eigenvalue weighted by molar-refractivity contribution is -0.325. The lowest BCUT2D eigenvalue weighted by atomic mass is 9.87. The van der Waals surface area contributed by atoms with E-state index >= 15 is 0 Å². The second-order valence-electron chi connectivity index (χ2n) is 11.4. The van der Waals surface area contributed by atoms with E-state index in [-0.39, 0.29) is 6.61 Å². The summed E-state index contributed by atoms with van der Waals surface area (Å²) in [6, 6.07) is 0. The van der Waals surface area contributed by atoms with Gasteiger partial charge in [-0.3, -0.25) is 9.59 Å². The highest BCUT2D eigenvalue weighted by atomic mass is 16.7. The molecule has 0 aromatic rings. The molecule has 0 bridgehead atoms. The lowest BCUT2D eigenvalue weighted by Crippen LogP contribution is -2.61. The number of hydrogen-bond acceptors (Lipinski definition) is 8. The van der Waals surface area contributed by atoms with Crippen molar-refractivity contribution in [1.82, 2.24) is 0 Å². The normalized spacial score (nSPS) is 32.4. The predicted molar refractivity (Wildman–Crippen MR) is 145 cm³/mol. The van der Waals surface area contributed by atoms with Gasteiger partial charge < -0.3 is 29.2 Å². The van der Waals surface area contributed by atoms with Gasteiger partial charge in [0.05, 0.1) is 5.60 Å². The summed E-state index contributed by atoms with van der Waals surface area (Å²) in [6.45, 7) is 12.6. The van der Waals surface area contributed by atoms with E-state index in [2.05, 4.69) is 39.0 Å². The molecule has 1 heterocycles. The van der Waals surface area contributed by atoms with E-state index in [4.69, 9.17) is 18.9 Å². The van der Waals surface area contributed by atoms with Crippen molar-refractivity contribution in [3.8, 4) is 0 Å². The molecular formula is C30H48O8. The number of hydrogen-bond donors (Lipinski definition) is 2. The van der Waals surface area contributed by atoms with Crippen molar-refractivity contribution < 1.29 is 38.7 Å². The third-order valence-electron chi connectivity index (χ3n) is 7.36. The van der Waals surface area contributed by atoms with Crippen molar-refractivity contribution in [3.63, 3.8) is 0 Å². The van der Waals surface area contributed by atoms with Gasteiger partial charge in [0.1, 0.15) is 24.9 Å². The number of ether oxygens (including phenoxy) is 4. The van der Waals surface area contributed by atoms with Crippen LogP contribution >= 0.6 is 0 Å². The van der Waals surface area contributed by atoms with Gasteiger partial charge in [-0.1, -0.05) is 34.9 Å². The average molecular weight is 537 g/mol. The Hall–Kier alpha value is -2.00. The molecule has 1 aliphatic carbocycles. The van der Waals surface area contributed by atoms with Crippen LogP contribution in [-0.2, 0) is 28.5 Å². The maximum absolute atomic E-state index is 11.6. The third kappa shape index (κ3) is 10.6. The fourth-order valence-electron chi connectivity index (χ4n) is 4.88. The van der Waals surface area contributed by atoms with Crippen LogP contribution in [0.25, 0.3) is 0 Å². The molecule has 8 heteroatoms. The van der Waals surface area contributed by atoms with Crippen molar-refractivity contribution in [2.75, 3.05) is 6.61 Å². The van der Waals surface area contributed by atoms with Crippen LogP contribution in [0.2, 0.25) is 0 Å². The van der Waals surface area contributed by atoms with Crippen molar-refractivity contribution in [1.29, 1.82) is 0 Å². The number of esters is 2. The predicted octanol–water partition coefficient (Wildman–Crippen LogP) is 4.92. The first kappa shape index (κ1) is 32.2. The van der Waals surface area contributed by atoms with E-state index in [0.717, 1.165) is 38.5 Å². The molecule has 0 radical (unpaired) electrons. The molecule has 1 aliphatic heterocycles. The number of allylic oxidation sites excluding steroid dienone is 6. The molecule has 0 amide bonds. The average Bonchev–Trinajstić information content (AvgIpc) is 2.82. The van der Waals surface area contributed by atoms with Crippen LogP contribution in [0.5, 0.6) is 0 Å². The zero-order chi connectivity index (χ0) is 28.5. The smallest absolute Gasteiger partial charge is 0.303 e. The first-order valence-electron chi connectivity index (χ1n) is 13.8. The Morgan fingerprint density at radius 3 is 2.39 bits per heavy atom. The SMILES string of the molecule is CC(=O)OCC1OC(OC(C)(C)CC/C=C(\C)[C@@H]2C/C=C(\C)CC/C=C(\C)CC2)C(O)C(OC(C)=O)C1O. The van der Waals surface area contributed by atoms with Gasteiger partial charge >= 0.3 is 11.9 Å². The highest BCUT2D eigenvalue weighted by molar-refractivity contribution is 5.66. The molecule has 0 saturated carbocycles. The number of carbonyl (C=O) groups excluding carboxylic acids is 2. The molecule has 1 fully saturated rings. The molecule has 0 aromatic heterocycles. The largest absolute Gasteiger partial charge is 0.463 e. The van der Waals surface area contributed by atoms with Gasteiger partial charge in [0.2, 0.25) is 0 Å². The Bertz CT molecular complexity index is 887. The Balaban J connectivity index is 2.04. The van der Waals surface area contributed by atoms with Crippen LogP contribution in [0.3, 0.4) is 0 Å². The Morgan fingerprint density at radius 1 is 1.05 bits per heavy atom. The topological polar surface area (TPSA) is 112 Å². The molecule has 2 N–H and O–H groups in total. The molecule has 1 saturated heterocycles. The summed E-state index contributed by atoms with van der Waals surface area (Å²) in [7, 11) is 0. The first-order valence-corrected chi connectivity index (χ1v) is 13.8. The van der Waals surface area contributed by atoms with Crippen LogP contribution in [0.4, 0.5) is 0 Å². The van der Waals surface area contributed by atoms with Crippen LogP contribution in [0.15, 0.2) is 34.9 Å². The molecule has 0 spiro atoms. The van der Waals surface area contributed by atoms with Gasteiger partial charge in [-0.15, -0.1) is 0 Å². The summed E-state index contributed by atoms with van der Waals surface area (Å²) in [6.07, 6.45) is 7.72. The Labute approximate surface area is 228 Å². The zero-order valence-corrected chi connectivity index (χ0v) is 24.2. The van der Waals surface area contributed by atoms with E-state index in [9.17, 15) is 19.8 Å². The van der Waals surface area contributed by atoms with E-state index in [1.165, 1.54) is 30.6 Å². The fourth-order valence-corrected chi connectivity index (χ4v) is 4.88. The van der Waals surface area contributed by atoms with Crippen LogP contribution in [0, 0.1) is 5.92 Å². The Kier molecular flexibility index (Phi) is 12.7. The van der Waals surface area contributed by atoms with Crippen molar-refractivity contribution >= 4 is 11.9 Å². The molecule has 2 rings (SSSR count). The van der Waals surface area contributed by atoms with E-state index in [1.54, 1.807) is 0 Å². The highest BCUT2D eigenvalue weighted by Gasteiger charge is 2.48. The highest BCUT2D eigenvalue weighted by Crippen LogP contribution is 2.31. The van der Waals surface area contributed by atoms with Crippen molar-refractivity contribution in [3.05, 3.63) is 34.9 Å². The summed E-state index contributed by atoms with van der Waals surface area (Å²) in [5.41, 5.74) is 3.58. The van der Waals surface area contributed by atoms with Crippen LogP contribution in [-0.4, -0.2) is 65.1 Å². The maximum Gasteiger partial charge on any atom is 0.303 e. The Morgan fingerprint density at radius 2 is 1.74 bits per heavy atom.